The van der Waals surface area contributed by atoms with Gasteiger partial charge >= 0.3 is 0 Å². The molecule has 0 saturated carbocycles. The number of hydrogen-bond acceptors (Lipinski definition) is 5. The highest BCUT2D eigenvalue weighted by atomic mass is 35.5. The smallest absolute Gasteiger partial charge is 0.264 e. The fourth-order valence-corrected chi connectivity index (χ4v) is 6.38. The molecule has 0 aliphatic carbocycles. The number of carbonyl (C=O) groups excluding carboxylic acids is 1. The Labute approximate surface area is 166 Å². The van der Waals surface area contributed by atoms with Crippen molar-refractivity contribution in [3.05, 3.63) is 17.0 Å². The predicted molar refractivity (Wildman–Crippen MR) is 107 cm³/mol. The van der Waals surface area contributed by atoms with E-state index in [9.17, 15) is 13.2 Å². The number of likely N-dealkylation sites (N-methyl/N-ethyl adjacent to an activating group) is 1. The molecule has 1 aromatic rings. The number of nitrogens with zero attached hydrogens (tertiary/aromatic N) is 2. The van der Waals surface area contributed by atoms with Crippen molar-refractivity contribution in [1.82, 2.24) is 14.5 Å². The number of nitrogens with one attached hydrogen (secondary N) is 1. The summed E-state index contributed by atoms with van der Waals surface area (Å²) in [5.74, 6) is 0.518. The van der Waals surface area contributed by atoms with Crippen molar-refractivity contribution in [2.75, 3.05) is 33.2 Å². The van der Waals surface area contributed by atoms with Crippen LogP contribution in [0.15, 0.2) is 16.3 Å². The van der Waals surface area contributed by atoms with Crippen LogP contribution in [0.3, 0.4) is 0 Å². The second-order valence-electron chi connectivity index (χ2n) is 7.08. The average molecular weight is 422 g/mol. The number of likely N-dealkylation sites (tertiary alicyclic amines) is 1. The Balaban J connectivity index is 0.00000243. The molecule has 0 radical (unpaired) electrons. The van der Waals surface area contributed by atoms with Gasteiger partial charge < -0.3 is 10.2 Å². The minimum absolute atomic E-state index is 0. The molecule has 1 amide bonds. The highest BCUT2D eigenvalue weighted by molar-refractivity contribution is 7.91. The average Bonchev–Trinajstić information content (AvgIpc) is 3.12. The van der Waals surface area contributed by atoms with E-state index in [-0.39, 0.29) is 22.5 Å². The number of amides is 1. The summed E-state index contributed by atoms with van der Waals surface area (Å²) in [5.41, 5.74) is 0. The number of carbonyl (C=O) groups is 1. The highest BCUT2D eigenvalue weighted by Gasteiger charge is 2.31. The summed E-state index contributed by atoms with van der Waals surface area (Å²) in [6.07, 6.45) is 3.84. The second kappa shape index (κ2) is 9.01. The van der Waals surface area contributed by atoms with Crippen molar-refractivity contribution in [1.29, 1.82) is 0 Å². The van der Waals surface area contributed by atoms with Crippen molar-refractivity contribution in [2.45, 2.75) is 42.9 Å². The van der Waals surface area contributed by atoms with Gasteiger partial charge in [-0.15, -0.1) is 23.7 Å². The topological polar surface area (TPSA) is 69.7 Å². The van der Waals surface area contributed by atoms with Crippen molar-refractivity contribution >= 4 is 39.7 Å². The summed E-state index contributed by atoms with van der Waals surface area (Å²) in [4.78, 5) is 15.1. The Morgan fingerprint density at radius 2 is 1.88 bits per heavy atom. The van der Waals surface area contributed by atoms with E-state index in [1.807, 2.05) is 11.9 Å². The molecule has 2 aliphatic heterocycles. The zero-order valence-electron chi connectivity index (χ0n) is 15.3. The Morgan fingerprint density at radius 3 is 2.54 bits per heavy atom. The quantitative estimate of drug-likeness (QED) is 0.810. The van der Waals surface area contributed by atoms with Crippen LogP contribution in [0.4, 0.5) is 0 Å². The van der Waals surface area contributed by atoms with E-state index < -0.39 is 10.0 Å². The van der Waals surface area contributed by atoms with E-state index in [2.05, 4.69) is 12.2 Å². The van der Waals surface area contributed by atoms with Gasteiger partial charge in [-0.2, -0.15) is 4.31 Å². The summed E-state index contributed by atoms with van der Waals surface area (Å²) in [5, 5.41) is 3.22. The SMILES string of the molecule is CNC1CCCN(C(=O)c2ccc(S(=O)(=O)N3CCC(C)CC3)s2)C1.Cl. The van der Waals surface area contributed by atoms with Gasteiger partial charge in [-0.05, 0) is 50.8 Å². The maximum atomic E-state index is 12.8. The van der Waals surface area contributed by atoms with Gasteiger partial charge in [0.15, 0.2) is 0 Å². The van der Waals surface area contributed by atoms with Crippen LogP contribution in [-0.4, -0.2) is 62.8 Å². The molecule has 9 heteroatoms. The molecule has 6 nitrogen and oxygen atoms in total. The monoisotopic (exact) mass is 421 g/mol. The molecule has 0 bridgehead atoms. The van der Waals surface area contributed by atoms with Crippen LogP contribution in [0, 0.1) is 5.92 Å². The molecule has 2 aliphatic rings. The zero-order valence-corrected chi connectivity index (χ0v) is 17.8. The number of piperidine rings is 2. The highest BCUT2D eigenvalue weighted by Crippen LogP contribution is 2.29. The molecule has 0 aromatic carbocycles. The van der Waals surface area contributed by atoms with Crippen molar-refractivity contribution in [3.63, 3.8) is 0 Å². The molecular weight excluding hydrogens is 394 g/mol. The van der Waals surface area contributed by atoms with E-state index in [1.165, 1.54) is 0 Å². The summed E-state index contributed by atoms with van der Waals surface area (Å²) < 4.78 is 27.5. The van der Waals surface area contributed by atoms with Gasteiger partial charge in [-0.1, -0.05) is 6.92 Å². The largest absolute Gasteiger partial charge is 0.336 e. The van der Waals surface area contributed by atoms with Crippen LogP contribution < -0.4 is 5.32 Å². The Kier molecular flexibility index (Phi) is 7.50. The van der Waals surface area contributed by atoms with Gasteiger partial charge in [0.25, 0.3) is 15.9 Å². The normalized spacial score (nSPS) is 22.8. The number of thiophene rings is 1. The summed E-state index contributed by atoms with van der Waals surface area (Å²) in [6, 6.07) is 3.57. The predicted octanol–water partition coefficient (Wildman–Crippen LogP) is 2.41. The molecule has 2 fully saturated rings. The summed E-state index contributed by atoms with van der Waals surface area (Å²) in [7, 11) is -1.56. The van der Waals surface area contributed by atoms with Crippen LogP contribution in [0.5, 0.6) is 0 Å². The van der Waals surface area contributed by atoms with Crippen LogP contribution >= 0.6 is 23.7 Å². The third kappa shape index (κ3) is 4.59. The molecule has 1 unspecified atom stereocenters. The van der Waals surface area contributed by atoms with Crippen LogP contribution in [0.2, 0.25) is 0 Å². The lowest BCUT2D eigenvalue weighted by molar-refractivity contribution is 0.0703. The standard InChI is InChI=1S/C17H27N3O3S2.ClH/c1-13-7-10-20(11-8-13)25(22,23)16-6-5-15(24-16)17(21)19-9-3-4-14(12-19)18-2;/h5-6,13-14,18H,3-4,7-12H2,1-2H3;1H. The molecule has 1 atom stereocenters. The molecule has 3 rings (SSSR count). The summed E-state index contributed by atoms with van der Waals surface area (Å²) >= 11 is 1.10. The van der Waals surface area contributed by atoms with Crippen molar-refractivity contribution in [2.24, 2.45) is 5.92 Å². The van der Waals surface area contributed by atoms with Gasteiger partial charge in [0.1, 0.15) is 4.21 Å². The molecule has 0 spiro atoms. The van der Waals surface area contributed by atoms with Gasteiger partial charge in [0, 0.05) is 32.2 Å². The zero-order chi connectivity index (χ0) is 18.0. The van der Waals surface area contributed by atoms with E-state index in [1.54, 1.807) is 16.4 Å². The third-order valence-electron chi connectivity index (χ3n) is 5.25. The van der Waals surface area contributed by atoms with E-state index in [4.69, 9.17) is 0 Å². The van der Waals surface area contributed by atoms with E-state index in [0.717, 1.165) is 43.6 Å². The molecule has 1 N–H and O–H groups in total. The van der Waals surface area contributed by atoms with Crippen molar-refractivity contribution in [3.8, 4) is 0 Å². The molecule has 1 aromatic heterocycles. The first kappa shape index (κ1) is 21.6. The second-order valence-corrected chi connectivity index (χ2v) is 10.3. The minimum Gasteiger partial charge on any atom is -0.336 e. The summed E-state index contributed by atoms with van der Waals surface area (Å²) in [6.45, 7) is 4.71. The molecule has 3 heterocycles. The molecular formula is C17H28ClN3O3S2. The lowest BCUT2D eigenvalue weighted by atomic mass is 10.0. The maximum Gasteiger partial charge on any atom is 0.264 e. The first-order valence-corrected chi connectivity index (χ1v) is 11.2. The third-order valence-corrected chi connectivity index (χ3v) is 8.69. The van der Waals surface area contributed by atoms with E-state index in [0.29, 0.717) is 36.5 Å². The molecule has 2 saturated heterocycles. The Morgan fingerprint density at radius 1 is 1.19 bits per heavy atom. The fraction of sp³-hybridized carbons (Fsp3) is 0.706. The van der Waals surface area contributed by atoms with Crippen LogP contribution in [0.25, 0.3) is 0 Å². The first-order valence-electron chi connectivity index (χ1n) is 8.98. The molecule has 26 heavy (non-hydrogen) atoms. The number of sulfonamides is 1. The lowest BCUT2D eigenvalue weighted by Gasteiger charge is -2.32. The van der Waals surface area contributed by atoms with Gasteiger partial charge in [0.05, 0.1) is 4.88 Å². The van der Waals surface area contributed by atoms with Crippen LogP contribution in [-0.2, 0) is 10.0 Å². The number of rotatable bonds is 4. The Bertz CT molecular complexity index is 715. The van der Waals surface area contributed by atoms with Gasteiger partial charge in [0.2, 0.25) is 0 Å². The first-order chi connectivity index (χ1) is 11.9. The molecule has 148 valence electrons. The van der Waals surface area contributed by atoms with Gasteiger partial charge in [-0.25, -0.2) is 8.42 Å². The number of hydrogen-bond donors (Lipinski definition) is 1. The lowest BCUT2D eigenvalue weighted by Crippen LogP contribution is -2.46. The fourth-order valence-electron chi connectivity index (χ4n) is 3.48. The van der Waals surface area contributed by atoms with Crippen molar-refractivity contribution < 1.29 is 13.2 Å². The van der Waals surface area contributed by atoms with Crippen LogP contribution in [0.1, 0.15) is 42.3 Å². The minimum atomic E-state index is -3.48. The van der Waals surface area contributed by atoms with Gasteiger partial charge in [-0.3, -0.25) is 4.79 Å². The Hall–Kier alpha value is -0.670. The van der Waals surface area contributed by atoms with E-state index >= 15 is 0 Å². The maximum absolute atomic E-state index is 12.8. The number of halogens is 1.